The van der Waals surface area contributed by atoms with Gasteiger partial charge in [0.1, 0.15) is 0 Å². The number of hydrogen-bond donors (Lipinski definition) is 2. The van der Waals surface area contributed by atoms with Gasteiger partial charge in [0.2, 0.25) is 5.91 Å². The Morgan fingerprint density at radius 2 is 2.11 bits per heavy atom. The molecule has 6 heteroatoms. The summed E-state index contributed by atoms with van der Waals surface area (Å²) in [6.45, 7) is 8.43. The lowest BCUT2D eigenvalue weighted by molar-refractivity contribution is -0.126. The quantitative estimate of drug-likeness (QED) is 0.751. The molecule has 2 bridgehead atoms. The lowest BCUT2D eigenvalue weighted by atomic mass is 9.66. The van der Waals surface area contributed by atoms with Gasteiger partial charge in [-0.3, -0.25) is 9.69 Å². The monoisotopic (exact) mass is 387 g/mol. The molecule has 3 saturated heterocycles. The maximum Gasteiger partial charge on any atom is 0.234 e. The Morgan fingerprint density at radius 1 is 1.29 bits per heavy atom. The summed E-state index contributed by atoms with van der Waals surface area (Å²) < 4.78 is 11.0. The van der Waals surface area contributed by atoms with E-state index in [0.717, 1.165) is 42.2 Å². The second-order valence-corrected chi connectivity index (χ2v) is 8.45. The van der Waals surface area contributed by atoms with Gasteiger partial charge < -0.3 is 20.1 Å². The van der Waals surface area contributed by atoms with Gasteiger partial charge in [0.25, 0.3) is 0 Å². The first-order valence-corrected chi connectivity index (χ1v) is 10.7. The minimum atomic E-state index is -0.0695. The number of carbonyl (C=O) groups excluding carboxylic acids is 1. The van der Waals surface area contributed by atoms with Crippen LogP contribution in [-0.2, 0) is 4.79 Å². The summed E-state index contributed by atoms with van der Waals surface area (Å²) in [5.74, 6) is 3.85. The summed E-state index contributed by atoms with van der Waals surface area (Å²) in [6, 6.07) is 6.36. The highest BCUT2D eigenvalue weighted by Crippen LogP contribution is 2.44. The number of amides is 1. The van der Waals surface area contributed by atoms with Crippen molar-refractivity contribution in [2.45, 2.75) is 38.8 Å². The fraction of sp³-hybridized carbons (Fsp3) is 0.682. The van der Waals surface area contributed by atoms with Gasteiger partial charge in [-0.1, -0.05) is 6.07 Å². The molecular weight excluding hydrogens is 354 g/mol. The third-order valence-electron chi connectivity index (χ3n) is 6.89. The van der Waals surface area contributed by atoms with Crippen LogP contribution >= 0.6 is 0 Å². The second-order valence-electron chi connectivity index (χ2n) is 8.45. The van der Waals surface area contributed by atoms with Crippen molar-refractivity contribution in [3.05, 3.63) is 23.8 Å². The van der Waals surface area contributed by atoms with E-state index in [0.29, 0.717) is 24.9 Å². The number of rotatable bonds is 7. The molecule has 28 heavy (non-hydrogen) atoms. The van der Waals surface area contributed by atoms with Gasteiger partial charge in [-0.25, -0.2) is 0 Å². The lowest BCUT2D eigenvalue weighted by Gasteiger charge is -2.52. The molecule has 1 amide bonds. The number of carbonyl (C=O) groups is 1. The first-order valence-electron chi connectivity index (χ1n) is 10.7. The largest absolute Gasteiger partial charge is 0.493 e. The highest BCUT2D eigenvalue weighted by molar-refractivity contribution is 5.78. The smallest absolute Gasteiger partial charge is 0.234 e. The van der Waals surface area contributed by atoms with Crippen molar-refractivity contribution in [1.82, 2.24) is 15.5 Å². The minimum absolute atomic E-state index is 0.0695. The van der Waals surface area contributed by atoms with Crippen LogP contribution in [0.5, 0.6) is 11.5 Å². The van der Waals surface area contributed by atoms with E-state index in [4.69, 9.17) is 9.47 Å². The molecule has 4 aliphatic rings. The van der Waals surface area contributed by atoms with Crippen molar-refractivity contribution in [2.75, 3.05) is 39.9 Å². The third kappa shape index (κ3) is 3.72. The highest BCUT2D eigenvalue weighted by Gasteiger charge is 2.49. The molecule has 1 saturated carbocycles. The van der Waals surface area contributed by atoms with E-state index in [1.165, 1.54) is 19.4 Å². The van der Waals surface area contributed by atoms with E-state index in [2.05, 4.69) is 15.5 Å². The van der Waals surface area contributed by atoms with Gasteiger partial charge in [0.15, 0.2) is 11.5 Å². The summed E-state index contributed by atoms with van der Waals surface area (Å²) in [6.07, 6.45) is 2.57. The van der Waals surface area contributed by atoms with E-state index in [-0.39, 0.29) is 11.9 Å². The molecule has 3 heterocycles. The maximum absolute atomic E-state index is 12.8. The van der Waals surface area contributed by atoms with Gasteiger partial charge >= 0.3 is 0 Å². The summed E-state index contributed by atoms with van der Waals surface area (Å²) in [5, 5.41) is 6.74. The first-order chi connectivity index (χ1) is 13.6. The summed E-state index contributed by atoms with van der Waals surface area (Å²) in [7, 11) is 1.64. The Labute approximate surface area is 168 Å². The molecule has 1 aliphatic carbocycles. The van der Waals surface area contributed by atoms with E-state index in [9.17, 15) is 4.79 Å². The van der Waals surface area contributed by atoms with Gasteiger partial charge in [-0.15, -0.1) is 0 Å². The molecule has 4 fully saturated rings. The minimum Gasteiger partial charge on any atom is -0.493 e. The van der Waals surface area contributed by atoms with Gasteiger partial charge in [-0.05, 0) is 75.2 Å². The Balaban J connectivity index is 1.36. The summed E-state index contributed by atoms with van der Waals surface area (Å²) >= 11 is 0. The zero-order valence-corrected chi connectivity index (χ0v) is 17.2. The zero-order valence-electron chi connectivity index (χ0n) is 17.2. The predicted molar refractivity (Wildman–Crippen MR) is 109 cm³/mol. The zero-order chi connectivity index (χ0) is 19.7. The predicted octanol–water partition coefficient (Wildman–Crippen LogP) is 2.20. The van der Waals surface area contributed by atoms with Gasteiger partial charge in [0.05, 0.1) is 26.3 Å². The molecule has 0 aromatic heterocycles. The van der Waals surface area contributed by atoms with Crippen molar-refractivity contribution in [3.8, 4) is 11.5 Å². The number of ether oxygens (including phenoxy) is 2. The molecule has 1 aromatic rings. The third-order valence-corrected chi connectivity index (χ3v) is 6.89. The first kappa shape index (κ1) is 19.5. The van der Waals surface area contributed by atoms with Crippen molar-refractivity contribution in [3.63, 3.8) is 0 Å². The van der Waals surface area contributed by atoms with Gasteiger partial charge in [0, 0.05) is 12.6 Å². The van der Waals surface area contributed by atoms with Crippen molar-refractivity contribution in [1.29, 1.82) is 0 Å². The van der Waals surface area contributed by atoms with E-state index < -0.39 is 0 Å². The van der Waals surface area contributed by atoms with Crippen LogP contribution in [0.4, 0.5) is 0 Å². The molecule has 3 aliphatic heterocycles. The standard InChI is InChI=1S/C22H33N3O3/c1-4-28-20-8-6-15(9-21(20)27-3)14(2)24-22(26)13-25-12-16-5-7-19(25)18-11-23-10-17(16)18/h6,8-9,14,16-19,23H,4-5,7,10-13H2,1-3H3,(H,24,26). The second kappa shape index (κ2) is 8.29. The van der Waals surface area contributed by atoms with Gasteiger partial charge in [-0.2, -0.15) is 0 Å². The number of nitrogens with zero attached hydrogens (tertiary/aromatic N) is 1. The molecule has 0 spiro atoms. The maximum atomic E-state index is 12.8. The van der Waals surface area contributed by atoms with Crippen molar-refractivity contribution < 1.29 is 14.3 Å². The number of hydrogen-bond acceptors (Lipinski definition) is 5. The average molecular weight is 388 g/mol. The SMILES string of the molecule is CCOc1ccc(C(C)NC(=O)CN2CC3CCC2C2CNCC32)cc1OC. The molecular formula is C22H33N3O3. The normalized spacial score (nSPS) is 30.0. The van der Waals surface area contributed by atoms with E-state index >= 15 is 0 Å². The lowest BCUT2D eigenvalue weighted by Crippen LogP contribution is -2.59. The van der Waals surface area contributed by atoms with Crippen LogP contribution in [-0.4, -0.2) is 56.7 Å². The Hall–Kier alpha value is -1.79. The molecule has 6 nitrogen and oxygen atoms in total. The summed E-state index contributed by atoms with van der Waals surface area (Å²) in [4.78, 5) is 15.2. The molecule has 1 aromatic carbocycles. The number of nitrogens with one attached hydrogen (secondary N) is 2. The van der Waals surface area contributed by atoms with Crippen LogP contribution in [0, 0.1) is 17.8 Å². The van der Waals surface area contributed by atoms with E-state index in [1.807, 2.05) is 32.0 Å². The van der Waals surface area contributed by atoms with E-state index in [1.54, 1.807) is 7.11 Å². The fourth-order valence-corrected chi connectivity index (χ4v) is 5.55. The Bertz CT molecular complexity index is 710. The average Bonchev–Trinajstić information content (AvgIpc) is 3.20. The van der Waals surface area contributed by atoms with Crippen LogP contribution < -0.4 is 20.1 Å². The number of fused-ring (bicyclic) bond motifs is 2. The Morgan fingerprint density at radius 3 is 2.89 bits per heavy atom. The molecule has 0 radical (unpaired) electrons. The van der Waals surface area contributed by atoms with Crippen LogP contribution in [0.25, 0.3) is 0 Å². The van der Waals surface area contributed by atoms with Crippen molar-refractivity contribution >= 4 is 5.91 Å². The molecule has 5 atom stereocenters. The summed E-state index contributed by atoms with van der Waals surface area (Å²) in [5.41, 5.74) is 1.02. The number of benzene rings is 1. The van der Waals surface area contributed by atoms with Crippen LogP contribution in [0.1, 0.15) is 38.3 Å². The number of piperidine rings is 2. The fourth-order valence-electron chi connectivity index (χ4n) is 5.55. The number of methoxy groups -OCH3 is 1. The molecule has 5 unspecified atom stereocenters. The molecule has 154 valence electrons. The highest BCUT2D eigenvalue weighted by atomic mass is 16.5. The van der Waals surface area contributed by atoms with Crippen LogP contribution in [0.15, 0.2) is 18.2 Å². The van der Waals surface area contributed by atoms with Crippen LogP contribution in [0.2, 0.25) is 0 Å². The topological polar surface area (TPSA) is 62.8 Å². The molecule has 2 N–H and O–H groups in total. The van der Waals surface area contributed by atoms with Crippen molar-refractivity contribution in [2.24, 2.45) is 17.8 Å². The molecule has 5 rings (SSSR count). The van der Waals surface area contributed by atoms with Crippen LogP contribution in [0.3, 0.4) is 0 Å². The Kier molecular flexibility index (Phi) is 5.78.